The molecule has 2 radical (unpaired) electrons. The van der Waals surface area contributed by atoms with Crippen molar-refractivity contribution < 1.29 is 0 Å². The maximum Gasteiger partial charge on any atom is 0.0653 e. The van der Waals surface area contributed by atoms with Gasteiger partial charge in [0.15, 0.2) is 0 Å². The Morgan fingerprint density at radius 2 is 1.50 bits per heavy atom. The van der Waals surface area contributed by atoms with Crippen LogP contribution in [0.5, 0.6) is 0 Å². The third-order valence-electron chi connectivity index (χ3n) is 3.17. The summed E-state index contributed by atoms with van der Waals surface area (Å²) >= 11 is 1.98. The van der Waals surface area contributed by atoms with Crippen LogP contribution in [-0.2, 0) is 0 Å². The van der Waals surface area contributed by atoms with Gasteiger partial charge < -0.3 is 0 Å². The molecule has 0 spiro atoms. The highest BCUT2D eigenvalue weighted by atomic mass is 32.2. The summed E-state index contributed by atoms with van der Waals surface area (Å²) in [5, 5.41) is 0. The summed E-state index contributed by atoms with van der Waals surface area (Å²) in [4.78, 5) is 0. The predicted molar refractivity (Wildman–Crippen MR) is 97.9 cm³/mol. The van der Waals surface area contributed by atoms with E-state index in [4.69, 9.17) is 7.85 Å². The second-order valence-corrected chi connectivity index (χ2v) is 6.83. The van der Waals surface area contributed by atoms with E-state index < -0.39 is 0 Å². The highest BCUT2D eigenvalue weighted by molar-refractivity contribution is 7.99. The molecule has 0 aliphatic carbocycles. The number of hydrogen-bond acceptors (Lipinski definition) is 1. The van der Waals surface area contributed by atoms with Crippen LogP contribution < -0.4 is 0 Å². The molecule has 20 heavy (non-hydrogen) atoms. The van der Waals surface area contributed by atoms with Crippen molar-refractivity contribution >= 4 is 19.6 Å². The van der Waals surface area contributed by atoms with Crippen LogP contribution in [0.2, 0.25) is 6.32 Å². The Balaban J connectivity index is 3.74. The molecule has 0 saturated carbocycles. The second kappa shape index (κ2) is 13.6. The van der Waals surface area contributed by atoms with Crippen molar-refractivity contribution in [2.24, 2.45) is 0 Å². The largest absolute Gasteiger partial charge is 0.158 e. The standard InChI is InChI=1S/C18H31BS/c1-16(2)8-5-9-17(3)10-6-11-18(4)12-15-20-14-7-13-19/h8,10,12H,5-7,9,11,13-15H2,1-4H3/b17-10+,18-12+. The summed E-state index contributed by atoms with van der Waals surface area (Å²) in [6.07, 6.45) is 13.8. The molecule has 2 heteroatoms. The maximum atomic E-state index is 5.48. The molecule has 0 bridgehead atoms. The maximum absolute atomic E-state index is 5.48. The molecule has 0 aliphatic rings. The molecule has 0 amide bonds. The van der Waals surface area contributed by atoms with Gasteiger partial charge in [-0.25, -0.2) is 0 Å². The summed E-state index contributed by atoms with van der Waals surface area (Å²) < 4.78 is 0. The van der Waals surface area contributed by atoms with Gasteiger partial charge in [0.2, 0.25) is 0 Å². The Morgan fingerprint density at radius 3 is 2.10 bits per heavy atom. The first-order valence-electron chi connectivity index (χ1n) is 7.78. The van der Waals surface area contributed by atoms with Crippen molar-refractivity contribution in [2.45, 2.75) is 66.1 Å². The van der Waals surface area contributed by atoms with Crippen molar-refractivity contribution in [3.05, 3.63) is 34.9 Å². The summed E-state index contributed by atoms with van der Waals surface area (Å²) in [5.41, 5.74) is 4.45. The van der Waals surface area contributed by atoms with E-state index in [9.17, 15) is 0 Å². The highest BCUT2D eigenvalue weighted by Gasteiger charge is 1.92. The van der Waals surface area contributed by atoms with Gasteiger partial charge in [-0.2, -0.15) is 11.8 Å². The van der Waals surface area contributed by atoms with E-state index >= 15 is 0 Å². The summed E-state index contributed by atoms with van der Waals surface area (Å²) in [5.74, 6) is 2.32. The monoisotopic (exact) mass is 290 g/mol. The normalized spacial score (nSPS) is 12.6. The Labute approximate surface area is 132 Å². The van der Waals surface area contributed by atoms with Crippen LogP contribution in [0.15, 0.2) is 34.9 Å². The number of allylic oxidation sites excluding steroid dienone is 5. The molecule has 112 valence electrons. The SMILES string of the molecule is [B]CCCSC/C=C(\C)CC/C=C(\C)CCC=C(C)C. The van der Waals surface area contributed by atoms with Crippen LogP contribution >= 0.6 is 11.8 Å². The zero-order chi connectivity index (χ0) is 15.2. The van der Waals surface area contributed by atoms with Crippen molar-refractivity contribution in [1.29, 1.82) is 0 Å². The minimum Gasteiger partial charge on any atom is -0.158 e. The van der Waals surface area contributed by atoms with Crippen LogP contribution in [0.3, 0.4) is 0 Å². The first-order chi connectivity index (χ1) is 9.56. The van der Waals surface area contributed by atoms with Crippen molar-refractivity contribution in [3.8, 4) is 0 Å². The minimum absolute atomic E-state index is 0.812. The quantitative estimate of drug-likeness (QED) is 0.251. The minimum atomic E-state index is 0.812. The van der Waals surface area contributed by atoms with Crippen LogP contribution in [-0.4, -0.2) is 19.4 Å². The first-order valence-corrected chi connectivity index (χ1v) is 8.94. The molecule has 0 aromatic rings. The fourth-order valence-corrected chi connectivity index (χ4v) is 2.75. The Bertz CT molecular complexity index is 322. The Hall–Kier alpha value is -0.365. The van der Waals surface area contributed by atoms with Crippen molar-refractivity contribution in [3.63, 3.8) is 0 Å². The summed E-state index contributed by atoms with van der Waals surface area (Å²) in [6, 6.07) is 0. The number of rotatable bonds is 11. The fraction of sp³-hybridized carbons (Fsp3) is 0.667. The molecule has 0 fully saturated rings. The molecule has 0 atom stereocenters. The van der Waals surface area contributed by atoms with Gasteiger partial charge in [0.05, 0.1) is 7.85 Å². The smallest absolute Gasteiger partial charge is 0.0653 e. The van der Waals surface area contributed by atoms with Crippen LogP contribution in [0.1, 0.15) is 59.8 Å². The van der Waals surface area contributed by atoms with Gasteiger partial charge >= 0.3 is 0 Å². The summed E-state index contributed by atoms with van der Waals surface area (Å²) in [6.45, 7) is 8.83. The van der Waals surface area contributed by atoms with Crippen LogP contribution in [0.25, 0.3) is 0 Å². The molecular formula is C18H31BS. The Kier molecular flexibility index (Phi) is 13.4. The number of thioether (sulfide) groups is 1. The van der Waals surface area contributed by atoms with Gasteiger partial charge in [-0.05, 0) is 59.1 Å². The molecule has 0 rings (SSSR count). The van der Waals surface area contributed by atoms with Gasteiger partial charge in [0, 0.05) is 5.75 Å². The predicted octanol–water partition coefficient (Wildman–Crippen LogP) is 6.12. The topological polar surface area (TPSA) is 0 Å². The molecule has 0 aromatic heterocycles. The second-order valence-electron chi connectivity index (χ2n) is 5.68. The average Bonchev–Trinajstić information content (AvgIpc) is 2.38. The van der Waals surface area contributed by atoms with E-state index in [1.807, 2.05) is 11.8 Å². The lowest BCUT2D eigenvalue weighted by Gasteiger charge is -2.02. The third-order valence-corrected chi connectivity index (χ3v) is 4.14. The lowest BCUT2D eigenvalue weighted by atomic mass is 10.0. The average molecular weight is 290 g/mol. The molecular weight excluding hydrogens is 259 g/mol. The molecule has 0 saturated heterocycles. The van der Waals surface area contributed by atoms with Crippen LogP contribution in [0, 0.1) is 0 Å². The number of hydrogen-bond donors (Lipinski definition) is 0. The van der Waals surface area contributed by atoms with E-state index in [0.717, 1.165) is 18.5 Å². The van der Waals surface area contributed by atoms with Crippen molar-refractivity contribution in [2.75, 3.05) is 11.5 Å². The first kappa shape index (κ1) is 19.6. The van der Waals surface area contributed by atoms with E-state index in [2.05, 4.69) is 45.9 Å². The molecule has 0 aliphatic heterocycles. The zero-order valence-electron chi connectivity index (χ0n) is 13.9. The van der Waals surface area contributed by atoms with Crippen LogP contribution in [0.4, 0.5) is 0 Å². The van der Waals surface area contributed by atoms with Crippen molar-refractivity contribution in [1.82, 2.24) is 0 Å². The van der Waals surface area contributed by atoms with Gasteiger partial charge in [-0.3, -0.25) is 0 Å². The fourth-order valence-electron chi connectivity index (χ4n) is 1.81. The van der Waals surface area contributed by atoms with Gasteiger partial charge in [0.25, 0.3) is 0 Å². The van der Waals surface area contributed by atoms with E-state index in [1.54, 1.807) is 0 Å². The van der Waals surface area contributed by atoms with Gasteiger partial charge in [0.1, 0.15) is 0 Å². The molecule has 0 heterocycles. The van der Waals surface area contributed by atoms with Gasteiger partial charge in [-0.15, -0.1) is 0 Å². The van der Waals surface area contributed by atoms with Gasteiger partial charge in [-0.1, -0.05) is 47.7 Å². The zero-order valence-corrected chi connectivity index (χ0v) is 14.7. The lowest BCUT2D eigenvalue weighted by Crippen LogP contribution is -1.84. The third kappa shape index (κ3) is 14.1. The van der Waals surface area contributed by atoms with E-state index in [-0.39, 0.29) is 0 Å². The Morgan fingerprint density at radius 1 is 0.900 bits per heavy atom. The molecule has 0 unspecified atom stereocenters. The van der Waals surface area contributed by atoms with E-state index in [0.29, 0.717) is 0 Å². The molecule has 0 aromatic carbocycles. The molecule has 0 N–H and O–H groups in total. The van der Waals surface area contributed by atoms with E-state index in [1.165, 1.54) is 48.2 Å². The lowest BCUT2D eigenvalue weighted by molar-refractivity contribution is 0.917. The summed E-state index contributed by atoms with van der Waals surface area (Å²) in [7, 11) is 5.48. The molecule has 0 nitrogen and oxygen atoms in total. The highest BCUT2D eigenvalue weighted by Crippen LogP contribution is 2.12.